The minimum Gasteiger partial charge on any atom is -0.466 e. The molecule has 11 heteroatoms. The average molecular weight is 486 g/mol. The number of aromatic nitrogens is 5. The van der Waals surface area contributed by atoms with Crippen molar-refractivity contribution in [2.24, 2.45) is 7.05 Å². The standard InChI is InChI=1S/C24H35N7O4/c1-6-8-10-12-30(19-20(25)31(11-9-7-2)24(34)27-22(19)33)17(32)14-35-23-18-15(3)13-16(4)26-21(18)29(5)28-23/h13H,6-12,14,25H2,1-5H3,(H,27,33,34). The second kappa shape index (κ2) is 11.2. The molecular weight excluding hydrogens is 450 g/mol. The van der Waals surface area contributed by atoms with Gasteiger partial charge in [0.2, 0.25) is 5.88 Å². The first-order chi connectivity index (χ1) is 16.7. The Morgan fingerprint density at radius 1 is 1.17 bits per heavy atom. The highest BCUT2D eigenvalue weighted by Gasteiger charge is 2.25. The van der Waals surface area contributed by atoms with E-state index in [0.29, 0.717) is 30.9 Å². The summed E-state index contributed by atoms with van der Waals surface area (Å²) in [7, 11) is 1.76. The smallest absolute Gasteiger partial charge is 0.330 e. The number of ether oxygens (including phenoxy) is 1. The number of aromatic amines is 1. The van der Waals surface area contributed by atoms with Gasteiger partial charge in [0, 0.05) is 25.8 Å². The Balaban J connectivity index is 1.94. The molecular formula is C24H35N7O4. The van der Waals surface area contributed by atoms with Crippen LogP contribution < -0.4 is 26.6 Å². The molecule has 0 atom stereocenters. The van der Waals surface area contributed by atoms with Crippen LogP contribution in [-0.4, -0.2) is 43.4 Å². The number of nitrogen functional groups attached to an aromatic ring is 1. The number of rotatable bonds is 11. The number of H-pyrrole nitrogens is 1. The van der Waals surface area contributed by atoms with E-state index in [1.807, 2.05) is 33.8 Å². The molecule has 11 nitrogen and oxygen atoms in total. The van der Waals surface area contributed by atoms with Crippen molar-refractivity contribution in [3.05, 3.63) is 38.2 Å². The quantitative estimate of drug-likeness (QED) is 0.397. The van der Waals surface area contributed by atoms with Gasteiger partial charge in [0.15, 0.2) is 17.9 Å². The Morgan fingerprint density at radius 3 is 2.57 bits per heavy atom. The molecule has 3 rings (SSSR count). The van der Waals surface area contributed by atoms with Gasteiger partial charge < -0.3 is 15.4 Å². The van der Waals surface area contributed by atoms with E-state index in [-0.39, 0.29) is 24.7 Å². The molecule has 3 heterocycles. The Bertz CT molecular complexity index is 1320. The third-order valence-electron chi connectivity index (χ3n) is 5.92. The minimum atomic E-state index is -0.691. The number of pyridine rings is 1. The number of nitrogens with one attached hydrogen (secondary N) is 1. The Kier molecular flexibility index (Phi) is 8.31. The highest BCUT2D eigenvalue weighted by molar-refractivity contribution is 5.96. The summed E-state index contributed by atoms with van der Waals surface area (Å²) in [6, 6.07) is 1.93. The minimum absolute atomic E-state index is 0.0177. The molecule has 0 aliphatic rings. The van der Waals surface area contributed by atoms with Gasteiger partial charge in [-0.2, -0.15) is 0 Å². The van der Waals surface area contributed by atoms with Gasteiger partial charge in [-0.05, 0) is 38.3 Å². The topological polar surface area (TPSA) is 141 Å². The maximum absolute atomic E-state index is 13.4. The van der Waals surface area contributed by atoms with E-state index in [2.05, 4.69) is 15.1 Å². The number of nitrogens with zero attached hydrogens (tertiary/aromatic N) is 5. The molecule has 0 saturated heterocycles. The lowest BCUT2D eigenvalue weighted by Crippen LogP contribution is -2.43. The van der Waals surface area contributed by atoms with Gasteiger partial charge in [0.1, 0.15) is 5.82 Å². The third kappa shape index (κ3) is 5.55. The summed E-state index contributed by atoms with van der Waals surface area (Å²) in [6.45, 7) is 8.15. The van der Waals surface area contributed by atoms with Gasteiger partial charge in [0.25, 0.3) is 11.5 Å². The van der Waals surface area contributed by atoms with Crippen molar-refractivity contribution in [3.63, 3.8) is 0 Å². The van der Waals surface area contributed by atoms with Crippen LogP contribution in [0.2, 0.25) is 0 Å². The number of hydrogen-bond donors (Lipinski definition) is 2. The van der Waals surface area contributed by atoms with Crippen LogP contribution in [0.4, 0.5) is 11.5 Å². The molecule has 0 aromatic carbocycles. The molecule has 190 valence electrons. The molecule has 0 saturated carbocycles. The number of fused-ring (bicyclic) bond motifs is 1. The summed E-state index contributed by atoms with van der Waals surface area (Å²) in [6.07, 6.45) is 4.03. The second-order valence-corrected chi connectivity index (χ2v) is 8.75. The zero-order valence-corrected chi connectivity index (χ0v) is 21.2. The Labute approximate surface area is 203 Å². The van der Waals surface area contributed by atoms with E-state index in [1.54, 1.807) is 11.7 Å². The van der Waals surface area contributed by atoms with Gasteiger partial charge in [-0.15, -0.1) is 5.10 Å². The largest absolute Gasteiger partial charge is 0.466 e. The predicted molar refractivity (Wildman–Crippen MR) is 136 cm³/mol. The van der Waals surface area contributed by atoms with Gasteiger partial charge >= 0.3 is 5.69 Å². The SMILES string of the molecule is CCCCCN(C(=O)COc1nn(C)c2nc(C)cc(C)c12)c1c(N)n(CCCC)c(=O)[nH]c1=O. The highest BCUT2D eigenvalue weighted by Crippen LogP contribution is 2.27. The molecule has 0 spiro atoms. The molecule has 0 fully saturated rings. The number of unbranched alkanes of at least 4 members (excludes halogenated alkanes) is 3. The van der Waals surface area contributed by atoms with Crippen molar-refractivity contribution in [1.82, 2.24) is 24.3 Å². The summed E-state index contributed by atoms with van der Waals surface area (Å²) >= 11 is 0. The van der Waals surface area contributed by atoms with Crippen LogP contribution in [0.1, 0.15) is 57.2 Å². The number of carbonyl (C=O) groups excluding carboxylic acids is 1. The second-order valence-electron chi connectivity index (χ2n) is 8.75. The summed E-state index contributed by atoms with van der Waals surface area (Å²) in [5.41, 5.74) is 7.43. The zero-order chi connectivity index (χ0) is 25.7. The molecule has 3 aromatic rings. The Morgan fingerprint density at radius 2 is 1.89 bits per heavy atom. The lowest BCUT2D eigenvalue weighted by atomic mass is 10.2. The number of hydrogen-bond acceptors (Lipinski definition) is 7. The normalized spacial score (nSPS) is 11.2. The van der Waals surface area contributed by atoms with Gasteiger partial charge in [-0.3, -0.25) is 19.1 Å². The predicted octanol–water partition coefficient (Wildman–Crippen LogP) is 2.42. The molecule has 35 heavy (non-hydrogen) atoms. The van der Waals surface area contributed by atoms with Crippen LogP contribution in [0, 0.1) is 13.8 Å². The third-order valence-corrected chi connectivity index (χ3v) is 5.92. The van der Waals surface area contributed by atoms with Gasteiger partial charge in [-0.1, -0.05) is 33.1 Å². The maximum atomic E-state index is 13.4. The van der Waals surface area contributed by atoms with Crippen molar-refractivity contribution in [1.29, 1.82) is 0 Å². The fourth-order valence-corrected chi connectivity index (χ4v) is 4.12. The number of carbonyl (C=O) groups is 1. The van der Waals surface area contributed by atoms with E-state index >= 15 is 0 Å². The van der Waals surface area contributed by atoms with Crippen molar-refractivity contribution in [2.45, 2.75) is 66.3 Å². The first kappa shape index (κ1) is 26.0. The zero-order valence-electron chi connectivity index (χ0n) is 21.2. The van der Waals surface area contributed by atoms with Crippen molar-refractivity contribution >= 4 is 28.4 Å². The van der Waals surface area contributed by atoms with E-state index in [4.69, 9.17) is 10.5 Å². The first-order valence-corrected chi connectivity index (χ1v) is 12.1. The molecule has 0 bridgehead atoms. The number of amides is 1. The van der Waals surface area contributed by atoms with Crippen LogP contribution in [-0.2, 0) is 18.4 Å². The molecule has 1 amide bonds. The van der Waals surface area contributed by atoms with Crippen LogP contribution in [0.15, 0.2) is 15.7 Å². The van der Waals surface area contributed by atoms with Crippen LogP contribution in [0.5, 0.6) is 5.88 Å². The lowest BCUT2D eigenvalue weighted by molar-refractivity contribution is -0.120. The molecule has 0 aliphatic heterocycles. The van der Waals surface area contributed by atoms with Gasteiger partial charge in [-0.25, -0.2) is 14.5 Å². The fourth-order valence-electron chi connectivity index (χ4n) is 4.12. The monoisotopic (exact) mass is 485 g/mol. The molecule has 0 unspecified atom stereocenters. The van der Waals surface area contributed by atoms with Gasteiger partial charge in [0.05, 0.1) is 5.39 Å². The molecule has 3 N–H and O–H groups in total. The molecule has 3 aromatic heterocycles. The summed E-state index contributed by atoms with van der Waals surface area (Å²) in [5, 5.41) is 5.12. The number of aryl methyl sites for hydroxylation is 3. The molecule has 0 radical (unpaired) electrons. The first-order valence-electron chi connectivity index (χ1n) is 12.1. The van der Waals surface area contributed by atoms with Crippen molar-refractivity contribution in [3.8, 4) is 5.88 Å². The summed E-state index contributed by atoms with van der Waals surface area (Å²) < 4.78 is 8.77. The van der Waals surface area contributed by atoms with Crippen LogP contribution in [0.25, 0.3) is 11.0 Å². The van der Waals surface area contributed by atoms with Crippen LogP contribution >= 0.6 is 0 Å². The van der Waals surface area contributed by atoms with Crippen molar-refractivity contribution < 1.29 is 9.53 Å². The maximum Gasteiger partial charge on any atom is 0.330 e. The average Bonchev–Trinajstić information content (AvgIpc) is 3.11. The highest BCUT2D eigenvalue weighted by atomic mass is 16.5. The number of nitrogens with two attached hydrogens (primary N) is 1. The van der Waals surface area contributed by atoms with Crippen LogP contribution in [0.3, 0.4) is 0 Å². The fraction of sp³-hybridized carbons (Fsp3) is 0.542. The lowest BCUT2D eigenvalue weighted by Gasteiger charge is -2.24. The summed E-state index contributed by atoms with van der Waals surface area (Å²) in [4.78, 5) is 46.6. The molecule has 0 aliphatic carbocycles. The summed E-state index contributed by atoms with van der Waals surface area (Å²) in [5.74, 6) is -0.171. The number of anilines is 2. The van der Waals surface area contributed by atoms with E-state index in [0.717, 1.165) is 35.9 Å². The van der Waals surface area contributed by atoms with E-state index in [9.17, 15) is 14.4 Å². The van der Waals surface area contributed by atoms with Crippen molar-refractivity contribution in [2.75, 3.05) is 23.8 Å². The van der Waals surface area contributed by atoms with E-state index in [1.165, 1.54) is 9.47 Å². The van der Waals surface area contributed by atoms with E-state index < -0.39 is 17.2 Å². The Hall–Kier alpha value is -3.63.